The third-order valence-corrected chi connectivity index (χ3v) is 7.49. The molecule has 0 atom stereocenters. The summed E-state index contributed by atoms with van der Waals surface area (Å²) < 4.78 is 56.0. The minimum Gasteiger partial charge on any atom is -0.460 e. The number of carbonyl (C=O) groups excluding carboxylic acids is 2. The minimum atomic E-state index is -0.916. The van der Waals surface area contributed by atoms with Gasteiger partial charge >= 0.3 is 0 Å². The molecule has 0 radical (unpaired) electrons. The van der Waals surface area contributed by atoms with E-state index in [4.69, 9.17) is 14.9 Å². The quantitative estimate of drug-likeness (QED) is 0.266. The zero-order valence-electron chi connectivity index (χ0n) is 22.3. The summed E-state index contributed by atoms with van der Waals surface area (Å²) in [5.41, 5.74) is 6.04. The van der Waals surface area contributed by atoms with Crippen molar-refractivity contribution in [3.05, 3.63) is 124 Å². The molecule has 0 saturated carbocycles. The zero-order valence-corrected chi connectivity index (χ0v) is 22.3. The number of benzene rings is 3. The van der Waals surface area contributed by atoms with Gasteiger partial charge in [-0.05, 0) is 72.1 Å². The number of nitrogens with one attached hydrogen (secondary N) is 1. The third-order valence-electron chi connectivity index (χ3n) is 7.49. The van der Waals surface area contributed by atoms with E-state index >= 15 is 8.78 Å². The number of fused-ring (bicyclic) bond motifs is 1. The Morgan fingerprint density at radius 3 is 2.40 bits per heavy atom. The van der Waals surface area contributed by atoms with Crippen LogP contribution in [0, 0.1) is 24.4 Å². The van der Waals surface area contributed by atoms with Crippen molar-refractivity contribution in [3.63, 3.8) is 0 Å². The summed E-state index contributed by atoms with van der Waals surface area (Å²) in [5, 5.41) is 2.74. The van der Waals surface area contributed by atoms with Crippen molar-refractivity contribution in [2.75, 3.05) is 13.2 Å². The smallest absolute Gasteiger partial charge is 0.253 e. The molecule has 1 aliphatic heterocycles. The third kappa shape index (κ3) is 4.69. The first kappa shape index (κ1) is 27.2. The van der Waals surface area contributed by atoms with Crippen LogP contribution in [0.15, 0.2) is 77.3 Å². The normalized spacial score (nSPS) is 14.0. The van der Waals surface area contributed by atoms with Crippen molar-refractivity contribution in [2.24, 2.45) is 5.73 Å². The van der Waals surface area contributed by atoms with Gasteiger partial charge in [-0.1, -0.05) is 18.2 Å². The lowest BCUT2D eigenvalue weighted by Crippen LogP contribution is -2.59. The van der Waals surface area contributed by atoms with Gasteiger partial charge in [0.15, 0.2) is 0 Å². The van der Waals surface area contributed by atoms with Crippen LogP contribution in [0.2, 0.25) is 0 Å². The zero-order chi connectivity index (χ0) is 29.6. The molecule has 3 heterocycles. The molecule has 2 amide bonds. The SMILES string of the molecule is Cc1c(F)cc(C(=O)NC2(c3ccccn3)COC2)cc1-c1ccc2oc(Cc3ccc(F)cc3)c(C(N)=O)c2c1F. The highest BCUT2D eigenvalue weighted by molar-refractivity contribution is 6.08. The second-order valence-electron chi connectivity index (χ2n) is 10.2. The monoisotopic (exact) mass is 571 g/mol. The molecule has 0 aliphatic carbocycles. The molecule has 10 heteroatoms. The van der Waals surface area contributed by atoms with E-state index < -0.39 is 34.8 Å². The molecule has 1 aliphatic rings. The highest BCUT2D eigenvalue weighted by Gasteiger charge is 2.43. The van der Waals surface area contributed by atoms with Crippen LogP contribution in [-0.2, 0) is 16.7 Å². The summed E-state index contributed by atoms with van der Waals surface area (Å²) in [6.07, 6.45) is 1.67. The number of carbonyl (C=O) groups is 2. The van der Waals surface area contributed by atoms with Gasteiger partial charge in [0.05, 0.1) is 29.9 Å². The Morgan fingerprint density at radius 2 is 1.76 bits per heavy atom. The Kier molecular flexibility index (Phi) is 6.78. The summed E-state index contributed by atoms with van der Waals surface area (Å²) in [6.45, 7) is 1.85. The summed E-state index contributed by atoms with van der Waals surface area (Å²) >= 11 is 0. The van der Waals surface area contributed by atoms with E-state index in [2.05, 4.69) is 10.3 Å². The van der Waals surface area contributed by atoms with Crippen LogP contribution in [0.5, 0.6) is 0 Å². The van der Waals surface area contributed by atoms with Crippen LogP contribution in [0.25, 0.3) is 22.1 Å². The standard InChI is InChI=1S/C32H24F3N3O4/c1-17-22(13-19(14-23(17)34)31(40)38-32(15-41-16-32)26-4-2-3-11-37-26)21-9-10-24-27(29(21)35)28(30(36)39)25(42-24)12-18-5-7-20(33)8-6-18/h2-11,13-14H,12,15-16H2,1H3,(H2,36,39)(H,38,40). The number of halogens is 3. The fraction of sp³-hybridized carbons (Fsp3) is 0.156. The average molecular weight is 572 g/mol. The maximum Gasteiger partial charge on any atom is 0.253 e. The van der Waals surface area contributed by atoms with Crippen molar-refractivity contribution in [3.8, 4) is 11.1 Å². The van der Waals surface area contributed by atoms with Crippen LogP contribution in [0.1, 0.15) is 43.3 Å². The van der Waals surface area contributed by atoms with E-state index in [1.165, 1.54) is 49.4 Å². The first-order valence-corrected chi connectivity index (χ1v) is 13.1. The van der Waals surface area contributed by atoms with Gasteiger partial charge in [-0.15, -0.1) is 0 Å². The lowest BCUT2D eigenvalue weighted by molar-refractivity contribution is -0.0755. The topological polar surface area (TPSA) is 107 Å². The molecule has 3 N–H and O–H groups in total. The molecule has 1 fully saturated rings. The number of furan rings is 1. The van der Waals surface area contributed by atoms with E-state index in [0.717, 1.165) is 6.07 Å². The van der Waals surface area contributed by atoms with E-state index in [1.54, 1.807) is 24.4 Å². The summed E-state index contributed by atoms with van der Waals surface area (Å²) in [7, 11) is 0. The van der Waals surface area contributed by atoms with Gasteiger partial charge in [0.1, 0.15) is 34.3 Å². The predicted octanol–water partition coefficient (Wildman–Crippen LogP) is 5.57. The number of rotatable bonds is 7. The lowest BCUT2D eigenvalue weighted by atomic mass is 9.91. The Morgan fingerprint density at radius 1 is 1.00 bits per heavy atom. The van der Waals surface area contributed by atoms with Gasteiger partial charge in [0.2, 0.25) is 0 Å². The van der Waals surface area contributed by atoms with Crippen LogP contribution >= 0.6 is 0 Å². The summed E-state index contributed by atoms with van der Waals surface area (Å²) in [6, 6.07) is 16.2. The molecule has 7 nitrogen and oxygen atoms in total. The van der Waals surface area contributed by atoms with Gasteiger partial charge in [0, 0.05) is 23.7 Å². The van der Waals surface area contributed by atoms with Gasteiger partial charge in [-0.3, -0.25) is 14.6 Å². The molecule has 0 bridgehead atoms. The molecule has 1 saturated heterocycles. The minimum absolute atomic E-state index is 0.0332. The largest absolute Gasteiger partial charge is 0.460 e. The van der Waals surface area contributed by atoms with Crippen LogP contribution < -0.4 is 11.1 Å². The van der Waals surface area contributed by atoms with Crippen LogP contribution in [0.3, 0.4) is 0 Å². The summed E-state index contributed by atoms with van der Waals surface area (Å²) in [5.74, 6) is -3.39. The lowest BCUT2D eigenvalue weighted by Gasteiger charge is -2.41. The number of amides is 2. The van der Waals surface area contributed by atoms with Crippen LogP contribution in [-0.4, -0.2) is 30.0 Å². The highest BCUT2D eigenvalue weighted by Crippen LogP contribution is 2.37. The molecule has 6 rings (SSSR count). The number of nitrogens with two attached hydrogens (primary N) is 1. The van der Waals surface area contributed by atoms with E-state index in [0.29, 0.717) is 11.3 Å². The second kappa shape index (κ2) is 10.5. The second-order valence-corrected chi connectivity index (χ2v) is 10.2. The fourth-order valence-electron chi connectivity index (χ4n) is 5.20. The number of pyridine rings is 1. The molecule has 0 unspecified atom stereocenters. The molecular formula is C32H24F3N3O4. The number of nitrogens with zero attached hydrogens (tertiary/aromatic N) is 1. The number of ether oxygens (including phenoxy) is 1. The predicted molar refractivity (Wildman–Crippen MR) is 148 cm³/mol. The van der Waals surface area contributed by atoms with E-state index in [-0.39, 0.29) is 64.2 Å². The van der Waals surface area contributed by atoms with Crippen molar-refractivity contribution in [1.29, 1.82) is 0 Å². The van der Waals surface area contributed by atoms with Gasteiger partial charge < -0.3 is 20.2 Å². The molecule has 42 heavy (non-hydrogen) atoms. The fourth-order valence-corrected chi connectivity index (χ4v) is 5.20. The molecule has 2 aromatic heterocycles. The van der Waals surface area contributed by atoms with Crippen LogP contribution in [0.4, 0.5) is 13.2 Å². The number of aromatic nitrogens is 1. The van der Waals surface area contributed by atoms with Crippen molar-refractivity contribution in [2.45, 2.75) is 18.9 Å². The molecular weight excluding hydrogens is 547 g/mol. The average Bonchev–Trinajstić information content (AvgIpc) is 3.33. The number of hydrogen-bond donors (Lipinski definition) is 2. The number of primary amides is 1. The van der Waals surface area contributed by atoms with Crippen molar-refractivity contribution in [1.82, 2.24) is 10.3 Å². The van der Waals surface area contributed by atoms with Crippen molar-refractivity contribution >= 4 is 22.8 Å². The Balaban J connectivity index is 1.41. The maximum atomic E-state index is 16.2. The Labute approximate surface area is 238 Å². The van der Waals surface area contributed by atoms with E-state index in [1.807, 2.05) is 0 Å². The molecule has 3 aromatic carbocycles. The van der Waals surface area contributed by atoms with Gasteiger partial charge in [-0.25, -0.2) is 13.2 Å². The molecule has 5 aromatic rings. The first-order chi connectivity index (χ1) is 20.2. The van der Waals surface area contributed by atoms with Crippen molar-refractivity contribution < 1.29 is 31.9 Å². The first-order valence-electron chi connectivity index (χ1n) is 13.1. The van der Waals surface area contributed by atoms with E-state index in [9.17, 15) is 14.0 Å². The molecule has 0 spiro atoms. The highest BCUT2D eigenvalue weighted by atomic mass is 19.1. The summed E-state index contributed by atoms with van der Waals surface area (Å²) in [4.78, 5) is 30.2. The Bertz CT molecular complexity index is 1850. The maximum absolute atomic E-state index is 16.2. The number of hydrogen-bond acceptors (Lipinski definition) is 5. The van der Waals surface area contributed by atoms with Gasteiger partial charge in [-0.2, -0.15) is 0 Å². The Hall–Kier alpha value is -4.96. The van der Waals surface area contributed by atoms with Gasteiger partial charge in [0.25, 0.3) is 11.8 Å². The molecule has 212 valence electrons.